The molecular formula is C23H24ClN3O2. The van der Waals surface area contributed by atoms with Gasteiger partial charge in [0.25, 0.3) is 5.91 Å². The minimum absolute atomic E-state index is 0.0356. The van der Waals surface area contributed by atoms with Crippen LogP contribution in [0.15, 0.2) is 65.2 Å². The van der Waals surface area contributed by atoms with Gasteiger partial charge in [0.1, 0.15) is 0 Å². The van der Waals surface area contributed by atoms with E-state index in [1.54, 1.807) is 6.07 Å². The van der Waals surface area contributed by atoms with Crippen molar-refractivity contribution in [3.8, 4) is 11.3 Å². The van der Waals surface area contributed by atoms with Crippen LogP contribution in [0.2, 0.25) is 5.02 Å². The summed E-state index contributed by atoms with van der Waals surface area (Å²) in [6, 6.07) is 19.2. The summed E-state index contributed by atoms with van der Waals surface area (Å²) in [6.45, 7) is 2.48. The molecule has 0 aliphatic carbocycles. The first-order valence-electron chi connectivity index (χ1n) is 10.0. The SMILES string of the molecule is O=C(NC[C@H](c1ccccc1Cl)N1CCCCC1)c1cc(-c2ccccc2)on1. The molecule has 1 N–H and O–H groups in total. The van der Waals surface area contributed by atoms with E-state index < -0.39 is 0 Å². The van der Waals surface area contributed by atoms with Gasteiger partial charge >= 0.3 is 0 Å². The van der Waals surface area contributed by atoms with Gasteiger partial charge < -0.3 is 9.84 Å². The van der Waals surface area contributed by atoms with E-state index in [2.05, 4.69) is 15.4 Å². The monoisotopic (exact) mass is 409 g/mol. The van der Waals surface area contributed by atoms with E-state index in [1.165, 1.54) is 19.3 Å². The van der Waals surface area contributed by atoms with Gasteiger partial charge in [0, 0.05) is 23.2 Å². The third-order valence-electron chi connectivity index (χ3n) is 5.35. The number of halogens is 1. The van der Waals surface area contributed by atoms with Crippen LogP contribution in [0, 0.1) is 0 Å². The fourth-order valence-electron chi connectivity index (χ4n) is 3.81. The smallest absolute Gasteiger partial charge is 0.273 e. The number of hydrogen-bond donors (Lipinski definition) is 1. The number of nitrogens with one attached hydrogen (secondary N) is 1. The van der Waals surface area contributed by atoms with Gasteiger partial charge in [-0.2, -0.15) is 0 Å². The van der Waals surface area contributed by atoms with Gasteiger partial charge in [-0.1, -0.05) is 71.7 Å². The first-order chi connectivity index (χ1) is 14.2. The Morgan fingerprint density at radius 2 is 1.79 bits per heavy atom. The molecule has 150 valence electrons. The van der Waals surface area contributed by atoms with Crippen molar-refractivity contribution in [2.45, 2.75) is 25.3 Å². The summed E-state index contributed by atoms with van der Waals surface area (Å²) in [7, 11) is 0. The third kappa shape index (κ3) is 4.69. The first-order valence-corrected chi connectivity index (χ1v) is 10.4. The summed E-state index contributed by atoms with van der Waals surface area (Å²) in [6.07, 6.45) is 3.58. The summed E-state index contributed by atoms with van der Waals surface area (Å²) in [5, 5.41) is 7.70. The number of piperidine rings is 1. The Balaban J connectivity index is 1.48. The molecule has 0 radical (unpaired) electrons. The molecule has 1 saturated heterocycles. The molecule has 1 amide bonds. The first kappa shape index (κ1) is 19.7. The van der Waals surface area contributed by atoms with Crippen molar-refractivity contribution in [1.29, 1.82) is 0 Å². The van der Waals surface area contributed by atoms with Crippen LogP contribution < -0.4 is 5.32 Å². The Kier molecular flexibility index (Phi) is 6.27. The molecule has 29 heavy (non-hydrogen) atoms. The minimum Gasteiger partial charge on any atom is -0.355 e. The molecule has 1 fully saturated rings. The van der Waals surface area contributed by atoms with Gasteiger partial charge in [-0.25, -0.2) is 0 Å². The van der Waals surface area contributed by atoms with E-state index in [9.17, 15) is 4.79 Å². The molecule has 1 aromatic heterocycles. The molecule has 1 aliphatic heterocycles. The van der Waals surface area contributed by atoms with Crippen LogP contribution in [-0.4, -0.2) is 35.6 Å². The van der Waals surface area contributed by atoms with Gasteiger partial charge in [0.2, 0.25) is 0 Å². The van der Waals surface area contributed by atoms with E-state index in [4.69, 9.17) is 16.1 Å². The standard InChI is InChI=1S/C23H24ClN3O2/c24-19-12-6-5-11-18(19)21(27-13-7-2-8-14-27)16-25-23(28)20-15-22(29-26-20)17-9-3-1-4-10-17/h1,3-6,9-12,15,21H,2,7-8,13-14,16H2,(H,25,28)/t21-/m1/s1. The fraction of sp³-hybridized carbons (Fsp3) is 0.304. The average molecular weight is 410 g/mol. The second kappa shape index (κ2) is 9.25. The Hall–Kier alpha value is -2.63. The lowest BCUT2D eigenvalue weighted by Crippen LogP contribution is -2.40. The van der Waals surface area contributed by atoms with Crippen LogP contribution in [0.1, 0.15) is 41.4 Å². The Bertz CT molecular complexity index is 952. The molecular weight excluding hydrogens is 386 g/mol. The molecule has 1 atom stereocenters. The van der Waals surface area contributed by atoms with Crippen LogP contribution in [-0.2, 0) is 0 Å². The Morgan fingerprint density at radius 3 is 2.55 bits per heavy atom. The zero-order valence-electron chi connectivity index (χ0n) is 16.2. The highest BCUT2D eigenvalue weighted by Gasteiger charge is 2.25. The number of amides is 1. The molecule has 0 spiro atoms. The van der Waals surface area contributed by atoms with Crippen LogP contribution in [0.5, 0.6) is 0 Å². The summed E-state index contributed by atoms with van der Waals surface area (Å²) >= 11 is 6.47. The maximum atomic E-state index is 12.7. The largest absolute Gasteiger partial charge is 0.355 e. The highest BCUT2D eigenvalue weighted by molar-refractivity contribution is 6.31. The number of carbonyl (C=O) groups is 1. The number of rotatable bonds is 6. The molecule has 6 heteroatoms. The molecule has 0 unspecified atom stereocenters. The lowest BCUT2D eigenvalue weighted by Gasteiger charge is -2.35. The van der Waals surface area contributed by atoms with Crippen LogP contribution in [0.4, 0.5) is 0 Å². The summed E-state index contributed by atoms with van der Waals surface area (Å²) < 4.78 is 5.36. The lowest BCUT2D eigenvalue weighted by atomic mass is 10.0. The van der Waals surface area contributed by atoms with Gasteiger partial charge in [-0.05, 0) is 37.6 Å². The second-order valence-corrected chi connectivity index (χ2v) is 7.69. The molecule has 0 saturated carbocycles. The zero-order valence-corrected chi connectivity index (χ0v) is 16.9. The number of benzene rings is 2. The highest BCUT2D eigenvalue weighted by atomic mass is 35.5. The Labute approximate surface area is 175 Å². The van der Waals surface area contributed by atoms with Gasteiger partial charge in [-0.3, -0.25) is 9.69 Å². The molecule has 3 aromatic rings. The fourth-order valence-corrected chi connectivity index (χ4v) is 4.07. The van der Waals surface area contributed by atoms with Crippen molar-refractivity contribution in [2.75, 3.05) is 19.6 Å². The Morgan fingerprint density at radius 1 is 1.07 bits per heavy atom. The average Bonchev–Trinajstić information content (AvgIpc) is 3.27. The van der Waals surface area contributed by atoms with Crippen molar-refractivity contribution in [3.05, 3.63) is 76.9 Å². The zero-order chi connectivity index (χ0) is 20.1. The number of aromatic nitrogens is 1. The van der Waals surface area contributed by atoms with Gasteiger partial charge in [-0.15, -0.1) is 0 Å². The molecule has 5 nitrogen and oxygen atoms in total. The third-order valence-corrected chi connectivity index (χ3v) is 5.70. The predicted molar refractivity (Wildman–Crippen MR) is 114 cm³/mol. The maximum absolute atomic E-state index is 12.7. The predicted octanol–water partition coefficient (Wildman–Crippen LogP) is 4.95. The quantitative estimate of drug-likeness (QED) is 0.625. The van der Waals surface area contributed by atoms with Crippen LogP contribution >= 0.6 is 11.6 Å². The van der Waals surface area contributed by atoms with Gasteiger partial charge in [0.05, 0.1) is 6.04 Å². The van der Waals surface area contributed by atoms with Crippen molar-refractivity contribution in [3.63, 3.8) is 0 Å². The maximum Gasteiger partial charge on any atom is 0.273 e. The van der Waals surface area contributed by atoms with Crippen molar-refractivity contribution in [1.82, 2.24) is 15.4 Å². The molecule has 2 heterocycles. The topological polar surface area (TPSA) is 58.4 Å². The number of likely N-dealkylation sites (tertiary alicyclic amines) is 1. The normalized spacial score (nSPS) is 15.8. The summed E-state index contributed by atoms with van der Waals surface area (Å²) in [5.41, 5.74) is 2.21. The second-order valence-electron chi connectivity index (χ2n) is 7.29. The minimum atomic E-state index is -0.245. The van der Waals surface area contributed by atoms with E-state index in [0.29, 0.717) is 12.3 Å². The number of carbonyl (C=O) groups excluding carboxylic acids is 1. The van der Waals surface area contributed by atoms with Crippen LogP contribution in [0.3, 0.4) is 0 Å². The summed E-state index contributed by atoms with van der Waals surface area (Å²) in [5.74, 6) is 0.333. The molecule has 4 rings (SSSR count). The van der Waals surface area contributed by atoms with Crippen molar-refractivity contribution in [2.24, 2.45) is 0 Å². The summed E-state index contributed by atoms with van der Waals surface area (Å²) in [4.78, 5) is 15.1. The highest BCUT2D eigenvalue weighted by Crippen LogP contribution is 2.29. The van der Waals surface area contributed by atoms with Crippen molar-refractivity contribution < 1.29 is 9.32 Å². The molecule has 2 aromatic carbocycles. The molecule has 1 aliphatic rings. The lowest BCUT2D eigenvalue weighted by molar-refractivity contribution is 0.0915. The van der Waals surface area contributed by atoms with E-state index in [0.717, 1.165) is 29.2 Å². The molecule has 0 bridgehead atoms. The number of hydrogen-bond acceptors (Lipinski definition) is 4. The van der Waals surface area contributed by atoms with E-state index in [-0.39, 0.29) is 17.6 Å². The van der Waals surface area contributed by atoms with E-state index >= 15 is 0 Å². The van der Waals surface area contributed by atoms with Crippen molar-refractivity contribution >= 4 is 17.5 Å². The number of nitrogens with zero attached hydrogens (tertiary/aromatic N) is 2. The van der Waals surface area contributed by atoms with Gasteiger partial charge in [0.15, 0.2) is 11.5 Å². The van der Waals surface area contributed by atoms with E-state index in [1.807, 2.05) is 54.6 Å². The van der Waals surface area contributed by atoms with Crippen LogP contribution in [0.25, 0.3) is 11.3 Å².